The van der Waals surface area contributed by atoms with Crippen molar-refractivity contribution in [1.82, 2.24) is 0 Å². The van der Waals surface area contributed by atoms with Crippen LogP contribution < -0.4 is 0 Å². The Bertz CT molecular complexity index is 903. The van der Waals surface area contributed by atoms with Crippen molar-refractivity contribution in [3.05, 3.63) is 106 Å². The van der Waals surface area contributed by atoms with Gasteiger partial charge in [0.1, 0.15) is 0 Å². The van der Waals surface area contributed by atoms with Gasteiger partial charge in [0.25, 0.3) is 0 Å². The lowest BCUT2D eigenvalue weighted by Gasteiger charge is -2.19. The Labute approximate surface area is 154 Å². The van der Waals surface area contributed by atoms with Crippen molar-refractivity contribution < 1.29 is 18.0 Å². The van der Waals surface area contributed by atoms with Crippen LogP contribution >= 0.6 is 11.6 Å². The molecule has 0 amide bonds. The maximum absolute atomic E-state index is 13.1. The van der Waals surface area contributed by atoms with Gasteiger partial charge in [-0.3, -0.25) is 4.79 Å². The van der Waals surface area contributed by atoms with Crippen LogP contribution in [0.15, 0.2) is 78.9 Å². The van der Waals surface area contributed by atoms with Crippen molar-refractivity contribution >= 4 is 17.4 Å². The molecule has 0 aliphatic carbocycles. The van der Waals surface area contributed by atoms with Crippen molar-refractivity contribution in [2.75, 3.05) is 0 Å². The van der Waals surface area contributed by atoms with Crippen LogP contribution in [0.3, 0.4) is 0 Å². The predicted octanol–water partition coefficient (Wildman–Crippen LogP) is 6.37. The van der Waals surface area contributed by atoms with E-state index in [9.17, 15) is 18.0 Å². The van der Waals surface area contributed by atoms with Gasteiger partial charge in [-0.05, 0) is 41.5 Å². The normalized spacial score (nSPS) is 12.6. The van der Waals surface area contributed by atoms with Gasteiger partial charge in [0, 0.05) is 10.6 Å². The lowest BCUT2D eigenvalue weighted by molar-refractivity contribution is -0.137. The molecule has 0 N–H and O–H groups in total. The second kappa shape index (κ2) is 7.34. The van der Waals surface area contributed by atoms with Crippen molar-refractivity contribution in [2.45, 2.75) is 12.1 Å². The average Bonchev–Trinajstić information content (AvgIpc) is 2.63. The SMILES string of the molecule is O=C(c1ccc(Cl)cc1)C(c1ccccc1)c1cccc(C(F)(F)F)c1. The molecule has 5 heteroatoms. The summed E-state index contributed by atoms with van der Waals surface area (Å²) in [5.74, 6) is -1.12. The highest BCUT2D eigenvalue weighted by molar-refractivity contribution is 6.30. The van der Waals surface area contributed by atoms with E-state index in [4.69, 9.17) is 11.6 Å². The molecule has 0 aromatic heterocycles. The fourth-order valence-electron chi connectivity index (χ4n) is 2.82. The molecule has 3 aromatic rings. The maximum Gasteiger partial charge on any atom is 0.416 e. The third kappa shape index (κ3) is 3.97. The first-order valence-electron chi connectivity index (χ1n) is 7.88. The summed E-state index contributed by atoms with van der Waals surface area (Å²) in [6.45, 7) is 0. The van der Waals surface area contributed by atoms with Crippen LogP contribution in [0.25, 0.3) is 0 Å². The fourth-order valence-corrected chi connectivity index (χ4v) is 2.94. The minimum Gasteiger partial charge on any atom is -0.293 e. The molecule has 3 aromatic carbocycles. The van der Waals surface area contributed by atoms with Gasteiger partial charge >= 0.3 is 6.18 Å². The Balaban J connectivity index is 2.11. The second-order valence-corrected chi connectivity index (χ2v) is 6.27. The van der Waals surface area contributed by atoms with E-state index in [0.29, 0.717) is 21.7 Å². The van der Waals surface area contributed by atoms with Gasteiger partial charge in [-0.2, -0.15) is 13.2 Å². The van der Waals surface area contributed by atoms with Gasteiger partial charge in [-0.15, -0.1) is 0 Å². The quantitative estimate of drug-likeness (QED) is 0.485. The van der Waals surface area contributed by atoms with Crippen molar-refractivity contribution in [1.29, 1.82) is 0 Å². The van der Waals surface area contributed by atoms with Crippen LogP contribution in [0.4, 0.5) is 13.2 Å². The molecule has 1 nitrogen and oxygen atoms in total. The van der Waals surface area contributed by atoms with Gasteiger partial charge < -0.3 is 0 Å². The Kier molecular flexibility index (Phi) is 5.14. The monoisotopic (exact) mass is 374 g/mol. The summed E-state index contributed by atoms with van der Waals surface area (Å²) in [4.78, 5) is 13.1. The number of carbonyl (C=O) groups is 1. The van der Waals surface area contributed by atoms with Crippen molar-refractivity contribution in [2.24, 2.45) is 0 Å². The minimum atomic E-state index is -4.47. The van der Waals surface area contributed by atoms with E-state index in [1.807, 2.05) is 0 Å². The lowest BCUT2D eigenvalue weighted by atomic mass is 9.84. The zero-order valence-electron chi connectivity index (χ0n) is 13.5. The standard InChI is InChI=1S/C21H14ClF3O/c22-18-11-9-15(10-12-18)20(26)19(14-5-2-1-3-6-14)16-7-4-8-17(13-16)21(23,24)25/h1-13,19H. The predicted molar refractivity (Wildman–Crippen MR) is 95.5 cm³/mol. The zero-order valence-corrected chi connectivity index (χ0v) is 14.3. The summed E-state index contributed by atoms with van der Waals surface area (Å²) in [5, 5.41) is 0.483. The highest BCUT2D eigenvalue weighted by Gasteiger charge is 2.32. The summed E-state index contributed by atoms with van der Waals surface area (Å²) in [6.07, 6.45) is -4.47. The van der Waals surface area contributed by atoms with E-state index < -0.39 is 17.7 Å². The molecule has 0 saturated carbocycles. The molecule has 132 valence electrons. The highest BCUT2D eigenvalue weighted by atomic mass is 35.5. The summed E-state index contributed by atoms with van der Waals surface area (Å²) >= 11 is 5.86. The van der Waals surface area contributed by atoms with E-state index >= 15 is 0 Å². The number of rotatable bonds is 4. The van der Waals surface area contributed by atoms with Crippen LogP contribution in [-0.2, 0) is 6.18 Å². The van der Waals surface area contributed by atoms with Crippen LogP contribution in [0.2, 0.25) is 5.02 Å². The first-order valence-corrected chi connectivity index (χ1v) is 8.26. The number of hydrogen-bond acceptors (Lipinski definition) is 1. The number of Topliss-reactive ketones (excluding diaryl/α,β-unsaturated/α-hetero) is 1. The Morgan fingerprint density at radius 1 is 0.808 bits per heavy atom. The molecule has 0 saturated heterocycles. The van der Waals surface area contributed by atoms with Gasteiger partial charge in [0.2, 0.25) is 0 Å². The van der Waals surface area contributed by atoms with Gasteiger partial charge in [-0.25, -0.2) is 0 Å². The summed E-state index contributed by atoms with van der Waals surface area (Å²) < 4.78 is 39.3. The van der Waals surface area contributed by atoms with Gasteiger partial charge in [0.15, 0.2) is 5.78 Å². The number of hydrogen-bond donors (Lipinski definition) is 0. The Hall–Kier alpha value is -2.59. The molecule has 0 aliphatic heterocycles. The minimum absolute atomic E-state index is 0.285. The smallest absolute Gasteiger partial charge is 0.293 e. The van der Waals surface area contributed by atoms with Gasteiger partial charge in [-0.1, -0.05) is 60.1 Å². The van der Waals surface area contributed by atoms with Crippen LogP contribution in [-0.4, -0.2) is 5.78 Å². The van der Waals surface area contributed by atoms with Crippen molar-refractivity contribution in [3.63, 3.8) is 0 Å². The Morgan fingerprint density at radius 2 is 1.42 bits per heavy atom. The first-order chi connectivity index (χ1) is 12.4. The second-order valence-electron chi connectivity index (χ2n) is 5.84. The molecule has 0 fully saturated rings. The third-order valence-electron chi connectivity index (χ3n) is 4.07. The summed E-state index contributed by atoms with van der Waals surface area (Å²) in [5.41, 5.74) is 0.540. The molecule has 0 bridgehead atoms. The molecule has 0 aliphatic rings. The first kappa shape index (κ1) is 18.2. The van der Waals surface area contributed by atoms with E-state index in [1.54, 1.807) is 60.7 Å². The number of halogens is 4. The number of benzene rings is 3. The molecule has 3 rings (SSSR count). The van der Waals surface area contributed by atoms with E-state index in [-0.39, 0.29) is 5.78 Å². The van der Waals surface area contributed by atoms with Crippen LogP contribution in [0.1, 0.15) is 33.0 Å². The maximum atomic E-state index is 13.1. The third-order valence-corrected chi connectivity index (χ3v) is 4.32. The van der Waals surface area contributed by atoms with E-state index in [0.717, 1.165) is 12.1 Å². The highest BCUT2D eigenvalue weighted by Crippen LogP contribution is 2.34. The molecular weight excluding hydrogens is 361 g/mol. The molecule has 0 spiro atoms. The zero-order chi connectivity index (χ0) is 18.7. The topological polar surface area (TPSA) is 17.1 Å². The summed E-state index contributed by atoms with van der Waals surface area (Å²) in [6, 6.07) is 20.0. The number of alkyl halides is 3. The van der Waals surface area contributed by atoms with Crippen LogP contribution in [0.5, 0.6) is 0 Å². The van der Waals surface area contributed by atoms with E-state index in [1.165, 1.54) is 6.07 Å². The lowest BCUT2D eigenvalue weighted by Crippen LogP contribution is -2.16. The summed E-state index contributed by atoms with van der Waals surface area (Å²) in [7, 11) is 0. The molecule has 26 heavy (non-hydrogen) atoms. The molecule has 1 unspecified atom stereocenters. The molecule has 0 radical (unpaired) electrons. The molecule has 1 atom stereocenters. The van der Waals surface area contributed by atoms with E-state index in [2.05, 4.69) is 0 Å². The largest absolute Gasteiger partial charge is 0.416 e. The van der Waals surface area contributed by atoms with Gasteiger partial charge in [0.05, 0.1) is 11.5 Å². The number of ketones is 1. The number of carbonyl (C=O) groups excluding carboxylic acids is 1. The van der Waals surface area contributed by atoms with Crippen molar-refractivity contribution in [3.8, 4) is 0 Å². The average molecular weight is 375 g/mol. The molecule has 0 heterocycles. The fraction of sp³-hybridized carbons (Fsp3) is 0.0952. The Morgan fingerprint density at radius 3 is 2.04 bits per heavy atom. The van der Waals surface area contributed by atoms with Crippen LogP contribution in [0, 0.1) is 0 Å². The molecular formula is C21H14ClF3O.